The third-order valence-corrected chi connectivity index (χ3v) is 2.97. The van der Waals surface area contributed by atoms with Crippen LogP contribution in [0.5, 0.6) is 5.75 Å². The number of piperidine rings is 1. The van der Waals surface area contributed by atoms with E-state index in [1.165, 1.54) is 12.1 Å². The van der Waals surface area contributed by atoms with Crippen LogP contribution >= 0.6 is 0 Å². The zero-order chi connectivity index (χ0) is 15.5. The molecule has 1 aromatic rings. The van der Waals surface area contributed by atoms with Crippen LogP contribution in [0.1, 0.15) is 12.8 Å². The maximum atomic E-state index is 12.1. The van der Waals surface area contributed by atoms with E-state index in [2.05, 4.69) is 15.4 Å². The fraction of sp³-hybridized carbons (Fsp3) is 0.385. The van der Waals surface area contributed by atoms with E-state index in [4.69, 9.17) is 0 Å². The van der Waals surface area contributed by atoms with E-state index in [0.29, 0.717) is 6.42 Å². The number of benzene rings is 1. The molecule has 1 unspecified atom stereocenters. The van der Waals surface area contributed by atoms with Crippen LogP contribution in [0.15, 0.2) is 24.3 Å². The van der Waals surface area contributed by atoms with Crippen LogP contribution in [-0.4, -0.2) is 24.7 Å². The molecule has 1 aromatic carbocycles. The smallest absolute Gasteiger partial charge is 0.406 e. The van der Waals surface area contributed by atoms with Crippen LogP contribution in [0.3, 0.4) is 0 Å². The molecule has 1 aliphatic rings. The monoisotopic (exact) mass is 302 g/mol. The molecule has 2 amide bonds. The maximum absolute atomic E-state index is 12.1. The van der Waals surface area contributed by atoms with Crippen LogP contribution < -0.4 is 15.4 Å². The fourth-order valence-corrected chi connectivity index (χ4v) is 1.97. The van der Waals surface area contributed by atoms with Crippen molar-refractivity contribution in [3.8, 4) is 5.75 Å². The Bertz CT molecular complexity index is 536. The zero-order valence-corrected chi connectivity index (χ0v) is 10.9. The Morgan fingerprint density at radius 3 is 2.76 bits per heavy atom. The van der Waals surface area contributed by atoms with Gasteiger partial charge in [0.15, 0.2) is 0 Å². The SMILES string of the molecule is O=C1CCC(C(=O)Nc2cccc(OC(F)(F)F)c2)CN1. The van der Waals surface area contributed by atoms with E-state index in [1.54, 1.807) is 0 Å². The molecule has 0 spiro atoms. The van der Waals surface area contributed by atoms with E-state index in [1.807, 2.05) is 0 Å². The number of nitrogens with one attached hydrogen (secondary N) is 2. The molecule has 1 fully saturated rings. The van der Waals surface area contributed by atoms with Gasteiger partial charge in [-0.15, -0.1) is 13.2 Å². The van der Waals surface area contributed by atoms with Crippen molar-refractivity contribution >= 4 is 17.5 Å². The standard InChI is InChI=1S/C13H13F3N2O3/c14-13(15,16)21-10-3-1-2-9(6-10)18-12(20)8-4-5-11(19)17-7-8/h1-3,6,8H,4-5,7H2,(H,17,19)(H,18,20). The minimum absolute atomic E-state index is 0.111. The average molecular weight is 302 g/mol. The van der Waals surface area contributed by atoms with Crippen LogP contribution in [-0.2, 0) is 9.59 Å². The van der Waals surface area contributed by atoms with Gasteiger partial charge in [0.2, 0.25) is 11.8 Å². The number of amides is 2. The highest BCUT2D eigenvalue weighted by molar-refractivity contribution is 5.94. The first kappa shape index (κ1) is 15.1. The Labute approximate surface area is 118 Å². The van der Waals surface area contributed by atoms with Gasteiger partial charge in [-0.05, 0) is 18.6 Å². The molecule has 5 nitrogen and oxygen atoms in total. The van der Waals surface area contributed by atoms with Gasteiger partial charge in [0, 0.05) is 24.7 Å². The molecular weight excluding hydrogens is 289 g/mol. The molecule has 2 rings (SSSR count). The molecule has 114 valence electrons. The number of anilines is 1. The van der Waals surface area contributed by atoms with E-state index in [9.17, 15) is 22.8 Å². The highest BCUT2D eigenvalue weighted by Crippen LogP contribution is 2.25. The van der Waals surface area contributed by atoms with Crippen molar-refractivity contribution in [1.82, 2.24) is 5.32 Å². The summed E-state index contributed by atoms with van der Waals surface area (Å²) in [6.07, 6.45) is -4.11. The van der Waals surface area contributed by atoms with Gasteiger partial charge in [-0.3, -0.25) is 9.59 Å². The van der Waals surface area contributed by atoms with E-state index < -0.39 is 18.0 Å². The molecule has 1 aliphatic heterocycles. The summed E-state index contributed by atoms with van der Waals surface area (Å²) in [5.74, 6) is -1.26. The fourth-order valence-electron chi connectivity index (χ4n) is 1.97. The molecule has 0 aromatic heterocycles. The molecule has 0 radical (unpaired) electrons. The average Bonchev–Trinajstić information content (AvgIpc) is 2.37. The van der Waals surface area contributed by atoms with Crippen molar-refractivity contribution in [3.63, 3.8) is 0 Å². The zero-order valence-electron chi connectivity index (χ0n) is 10.9. The molecule has 2 N–H and O–H groups in total. The summed E-state index contributed by atoms with van der Waals surface area (Å²) in [6.45, 7) is 0.226. The number of halogens is 3. The Kier molecular flexibility index (Phi) is 4.35. The van der Waals surface area contributed by atoms with Gasteiger partial charge in [0.25, 0.3) is 0 Å². The summed E-state index contributed by atoms with van der Waals surface area (Å²) in [5, 5.41) is 5.08. The quantitative estimate of drug-likeness (QED) is 0.898. The number of rotatable bonds is 3. The van der Waals surface area contributed by atoms with Gasteiger partial charge < -0.3 is 15.4 Å². The number of carbonyl (C=O) groups excluding carboxylic acids is 2. The van der Waals surface area contributed by atoms with Gasteiger partial charge in [-0.2, -0.15) is 0 Å². The first-order valence-corrected chi connectivity index (χ1v) is 6.27. The van der Waals surface area contributed by atoms with E-state index >= 15 is 0 Å². The number of hydrogen-bond donors (Lipinski definition) is 2. The first-order valence-electron chi connectivity index (χ1n) is 6.27. The maximum Gasteiger partial charge on any atom is 0.573 e. The molecule has 1 heterocycles. The van der Waals surface area contributed by atoms with Crippen molar-refractivity contribution in [3.05, 3.63) is 24.3 Å². The number of hydrogen-bond acceptors (Lipinski definition) is 3. The number of ether oxygens (including phenoxy) is 1. The Morgan fingerprint density at radius 1 is 1.38 bits per heavy atom. The van der Waals surface area contributed by atoms with Gasteiger partial charge in [0.1, 0.15) is 5.75 Å². The second-order valence-electron chi connectivity index (χ2n) is 4.60. The van der Waals surface area contributed by atoms with Crippen LogP contribution in [0.4, 0.5) is 18.9 Å². The van der Waals surface area contributed by atoms with Crippen LogP contribution in [0, 0.1) is 5.92 Å². The molecule has 0 aliphatic carbocycles. The first-order chi connectivity index (χ1) is 9.83. The van der Waals surface area contributed by atoms with E-state index in [0.717, 1.165) is 12.1 Å². The molecule has 0 bridgehead atoms. The van der Waals surface area contributed by atoms with E-state index in [-0.39, 0.29) is 30.5 Å². The van der Waals surface area contributed by atoms with Gasteiger partial charge in [0.05, 0.1) is 5.92 Å². The predicted molar refractivity (Wildman–Crippen MR) is 67.5 cm³/mol. The summed E-state index contributed by atoms with van der Waals surface area (Å²) in [6, 6.07) is 5.04. The Balaban J connectivity index is 1.97. The molecule has 1 atom stereocenters. The lowest BCUT2D eigenvalue weighted by atomic mass is 9.98. The number of carbonyl (C=O) groups is 2. The van der Waals surface area contributed by atoms with Gasteiger partial charge in [-0.1, -0.05) is 6.07 Å². The predicted octanol–water partition coefficient (Wildman–Crippen LogP) is 2.05. The topological polar surface area (TPSA) is 67.4 Å². The molecule has 21 heavy (non-hydrogen) atoms. The minimum Gasteiger partial charge on any atom is -0.406 e. The second kappa shape index (κ2) is 6.02. The minimum atomic E-state index is -4.78. The second-order valence-corrected chi connectivity index (χ2v) is 4.60. The Hall–Kier alpha value is -2.25. The lowest BCUT2D eigenvalue weighted by Crippen LogP contribution is -2.40. The summed E-state index contributed by atoms with van der Waals surface area (Å²) < 4.78 is 40.1. The summed E-state index contributed by atoms with van der Waals surface area (Å²) >= 11 is 0. The third-order valence-electron chi connectivity index (χ3n) is 2.97. The van der Waals surface area contributed by atoms with Crippen LogP contribution in [0.25, 0.3) is 0 Å². The van der Waals surface area contributed by atoms with Crippen molar-refractivity contribution in [1.29, 1.82) is 0 Å². The van der Waals surface area contributed by atoms with Gasteiger partial charge >= 0.3 is 6.36 Å². The van der Waals surface area contributed by atoms with Crippen LogP contribution in [0.2, 0.25) is 0 Å². The number of alkyl halides is 3. The van der Waals surface area contributed by atoms with Gasteiger partial charge in [-0.25, -0.2) is 0 Å². The van der Waals surface area contributed by atoms with Crippen molar-refractivity contribution in [2.75, 3.05) is 11.9 Å². The molecule has 0 saturated carbocycles. The summed E-state index contributed by atoms with van der Waals surface area (Å²) in [5.41, 5.74) is 0.207. The summed E-state index contributed by atoms with van der Waals surface area (Å²) in [7, 11) is 0. The van der Waals surface area contributed by atoms with Crippen molar-refractivity contribution < 1.29 is 27.5 Å². The lowest BCUT2D eigenvalue weighted by Gasteiger charge is -2.21. The largest absolute Gasteiger partial charge is 0.573 e. The molecule has 1 saturated heterocycles. The van der Waals surface area contributed by atoms with Crippen molar-refractivity contribution in [2.45, 2.75) is 19.2 Å². The normalized spacial score (nSPS) is 18.8. The third kappa shape index (κ3) is 4.66. The highest BCUT2D eigenvalue weighted by atomic mass is 19.4. The summed E-state index contributed by atoms with van der Waals surface area (Å²) in [4.78, 5) is 22.9. The lowest BCUT2D eigenvalue weighted by molar-refractivity contribution is -0.274. The highest BCUT2D eigenvalue weighted by Gasteiger charge is 2.31. The molecule has 8 heteroatoms. The van der Waals surface area contributed by atoms with Crippen molar-refractivity contribution in [2.24, 2.45) is 5.92 Å². The molecular formula is C13H13F3N2O3. The Morgan fingerprint density at radius 2 is 2.14 bits per heavy atom.